The molecule has 0 saturated carbocycles. The molecule has 12 heavy (non-hydrogen) atoms. The van der Waals surface area contributed by atoms with Crippen molar-refractivity contribution in [3.63, 3.8) is 0 Å². The van der Waals surface area contributed by atoms with E-state index in [4.69, 9.17) is 4.74 Å². The van der Waals surface area contributed by atoms with E-state index in [0.717, 1.165) is 6.42 Å². The maximum absolute atomic E-state index is 12.9. The molecule has 0 aliphatic heterocycles. The van der Waals surface area contributed by atoms with Crippen molar-refractivity contribution < 1.29 is 9.13 Å². The summed E-state index contributed by atoms with van der Waals surface area (Å²) >= 11 is 1.94. The van der Waals surface area contributed by atoms with Crippen LogP contribution in [0, 0.1) is 9.39 Å². The SMILES string of the molecule is CCCOc1cccc(F)c1I. The molecule has 0 N–H and O–H groups in total. The minimum absolute atomic E-state index is 0.218. The fourth-order valence-corrected chi connectivity index (χ4v) is 1.32. The topological polar surface area (TPSA) is 9.23 Å². The first kappa shape index (κ1) is 9.77. The highest BCUT2D eigenvalue weighted by molar-refractivity contribution is 14.1. The number of benzene rings is 1. The smallest absolute Gasteiger partial charge is 0.140 e. The van der Waals surface area contributed by atoms with E-state index in [0.29, 0.717) is 15.9 Å². The molecular weight excluding hydrogens is 270 g/mol. The molecule has 0 aliphatic rings. The summed E-state index contributed by atoms with van der Waals surface area (Å²) in [6.45, 7) is 2.66. The summed E-state index contributed by atoms with van der Waals surface area (Å²) in [6, 6.07) is 4.86. The van der Waals surface area contributed by atoms with Crippen molar-refractivity contribution in [2.45, 2.75) is 13.3 Å². The van der Waals surface area contributed by atoms with Crippen molar-refractivity contribution in [2.75, 3.05) is 6.61 Å². The van der Waals surface area contributed by atoms with Gasteiger partial charge in [0.15, 0.2) is 0 Å². The first-order valence-corrected chi connectivity index (χ1v) is 4.90. The van der Waals surface area contributed by atoms with E-state index in [-0.39, 0.29) is 5.82 Å². The van der Waals surface area contributed by atoms with Crippen molar-refractivity contribution in [2.24, 2.45) is 0 Å². The molecule has 0 unspecified atom stereocenters. The molecule has 1 nitrogen and oxygen atoms in total. The molecule has 0 amide bonds. The van der Waals surface area contributed by atoms with Crippen LogP contribution in [0.25, 0.3) is 0 Å². The van der Waals surface area contributed by atoms with Crippen LogP contribution in [0.15, 0.2) is 18.2 Å². The van der Waals surface area contributed by atoms with Crippen LogP contribution in [0.4, 0.5) is 4.39 Å². The maximum Gasteiger partial charge on any atom is 0.140 e. The molecule has 0 fully saturated rings. The van der Waals surface area contributed by atoms with E-state index >= 15 is 0 Å². The summed E-state index contributed by atoms with van der Waals surface area (Å²) < 4.78 is 18.8. The zero-order chi connectivity index (χ0) is 8.97. The molecule has 0 saturated heterocycles. The normalized spacial score (nSPS) is 9.92. The number of halogens is 2. The van der Waals surface area contributed by atoms with E-state index in [2.05, 4.69) is 0 Å². The predicted molar refractivity (Wildman–Crippen MR) is 54.9 cm³/mol. The van der Waals surface area contributed by atoms with Crippen LogP contribution in [-0.4, -0.2) is 6.61 Å². The molecular formula is C9H10FIO. The fourth-order valence-electron chi connectivity index (χ4n) is 0.808. The van der Waals surface area contributed by atoms with Gasteiger partial charge in [0.05, 0.1) is 10.2 Å². The lowest BCUT2D eigenvalue weighted by molar-refractivity contribution is 0.313. The Bertz CT molecular complexity index is 263. The fraction of sp³-hybridized carbons (Fsp3) is 0.333. The Morgan fingerprint density at radius 1 is 1.50 bits per heavy atom. The zero-order valence-electron chi connectivity index (χ0n) is 6.81. The monoisotopic (exact) mass is 280 g/mol. The average Bonchev–Trinajstić information content (AvgIpc) is 2.08. The van der Waals surface area contributed by atoms with Crippen molar-refractivity contribution in [1.82, 2.24) is 0 Å². The van der Waals surface area contributed by atoms with E-state index in [1.807, 2.05) is 29.5 Å². The van der Waals surface area contributed by atoms with Crippen molar-refractivity contribution in [3.8, 4) is 5.75 Å². The summed E-state index contributed by atoms with van der Waals surface area (Å²) in [4.78, 5) is 0. The van der Waals surface area contributed by atoms with E-state index < -0.39 is 0 Å². The summed E-state index contributed by atoms with van der Waals surface area (Å²) in [6.07, 6.45) is 0.937. The summed E-state index contributed by atoms with van der Waals surface area (Å²) in [5, 5.41) is 0. The lowest BCUT2D eigenvalue weighted by Gasteiger charge is -2.06. The molecule has 0 atom stereocenters. The van der Waals surface area contributed by atoms with Gasteiger partial charge in [0.25, 0.3) is 0 Å². The minimum Gasteiger partial charge on any atom is -0.492 e. The molecule has 0 heterocycles. The van der Waals surface area contributed by atoms with Gasteiger partial charge in [-0.25, -0.2) is 4.39 Å². The molecule has 3 heteroatoms. The van der Waals surface area contributed by atoms with Gasteiger partial charge in [-0.3, -0.25) is 0 Å². The third-order valence-electron chi connectivity index (χ3n) is 1.38. The van der Waals surface area contributed by atoms with Crippen LogP contribution < -0.4 is 4.74 Å². The number of hydrogen-bond donors (Lipinski definition) is 0. The Labute approximate surface area is 85.1 Å². The second-order valence-corrected chi connectivity index (χ2v) is 3.48. The highest BCUT2D eigenvalue weighted by atomic mass is 127. The predicted octanol–water partition coefficient (Wildman–Crippen LogP) is 3.22. The molecule has 0 aliphatic carbocycles. The van der Waals surface area contributed by atoms with Crippen LogP contribution >= 0.6 is 22.6 Å². The molecule has 1 rings (SSSR count). The molecule has 1 aromatic rings. The Kier molecular flexibility index (Phi) is 3.78. The number of ether oxygens (including phenoxy) is 1. The zero-order valence-corrected chi connectivity index (χ0v) is 8.97. The molecule has 0 spiro atoms. The van der Waals surface area contributed by atoms with Crippen molar-refractivity contribution >= 4 is 22.6 Å². The lowest BCUT2D eigenvalue weighted by atomic mass is 10.3. The van der Waals surface area contributed by atoms with Gasteiger partial charge in [0.1, 0.15) is 11.6 Å². The second kappa shape index (κ2) is 4.64. The Balaban J connectivity index is 2.78. The van der Waals surface area contributed by atoms with E-state index in [1.165, 1.54) is 6.07 Å². The second-order valence-electron chi connectivity index (χ2n) is 2.40. The molecule has 1 aromatic carbocycles. The van der Waals surface area contributed by atoms with Crippen LogP contribution in [0.2, 0.25) is 0 Å². The van der Waals surface area contributed by atoms with Gasteiger partial charge in [-0.1, -0.05) is 13.0 Å². The maximum atomic E-state index is 12.9. The third kappa shape index (κ3) is 2.33. The van der Waals surface area contributed by atoms with Gasteiger partial charge >= 0.3 is 0 Å². The van der Waals surface area contributed by atoms with Gasteiger partial charge in [-0.15, -0.1) is 0 Å². The van der Waals surface area contributed by atoms with Crippen LogP contribution in [0.3, 0.4) is 0 Å². The highest BCUT2D eigenvalue weighted by Crippen LogP contribution is 2.23. The van der Waals surface area contributed by atoms with Gasteiger partial charge in [0, 0.05) is 0 Å². The molecule has 0 radical (unpaired) electrons. The van der Waals surface area contributed by atoms with E-state index in [1.54, 1.807) is 12.1 Å². The minimum atomic E-state index is -0.218. The van der Waals surface area contributed by atoms with Gasteiger partial charge in [-0.05, 0) is 41.1 Å². The first-order chi connectivity index (χ1) is 5.75. The summed E-state index contributed by atoms with van der Waals surface area (Å²) in [5.41, 5.74) is 0. The van der Waals surface area contributed by atoms with Crippen LogP contribution in [-0.2, 0) is 0 Å². The summed E-state index contributed by atoms with van der Waals surface area (Å²) in [5.74, 6) is 0.418. The number of hydrogen-bond acceptors (Lipinski definition) is 1. The third-order valence-corrected chi connectivity index (χ3v) is 2.42. The Morgan fingerprint density at radius 2 is 2.25 bits per heavy atom. The van der Waals surface area contributed by atoms with Gasteiger partial charge < -0.3 is 4.74 Å². The first-order valence-electron chi connectivity index (χ1n) is 3.82. The van der Waals surface area contributed by atoms with E-state index in [9.17, 15) is 4.39 Å². The molecule has 0 aromatic heterocycles. The van der Waals surface area contributed by atoms with Crippen molar-refractivity contribution in [1.29, 1.82) is 0 Å². The Hall–Kier alpha value is -0.320. The highest BCUT2D eigenvalue weighted by Gasteiger charge is 2.04. The lowest BCUT2D eigenvalue weighted by Crippen LogP contribution is -1.97. The van der Waals surface area contributed by atoms with Crippen molar-refractivity contribution in [3.05, 3.63) is 27.6 Å². The Morgan fingerprint density at radius 3 is 2.92 bits per heavy atom. The summed E-state index contributed by atoms with van der Waals surface area (Å²) in [7, 11) is 0. The quantitative estimate of drug-likeness (QED) is 0.772. The molecule has 66 valence electrons. The standard InChI is InChI=1S/C9H10FIO/c1-2-6-12-8-5-3-4-7(10)9(8)11/h3-5H,2,6H2,1H3. The van der Waals surface area contributed by atoms with Gasteiger partial charge in [0.2, 0.25) is 0 Å². The van der Waals surface area contributed by atoms with Crippen LogP contribution in [0.1, 0.15) is 13.3 Å². The van der Waals surface area contributed by atoms with Crippen LogP contribution in [0.5, 0.6) is 5.75 Å². The molecule has 0 bridgehead atoms. The largest absolute Gasteiger partial charge is 0.492 e. The number of rotatable bonds is 3. The van der Waals surface area contributed by atoms with Gasteiger partial charge in [-0.2, -0.15) is 0 Å². The average molecular weight is 280 g/mol.